The number of guanidine groups is 1. The Bertz CT molecular complexity index is 816. The van der Waals surface area contributed by atoms with Gasteiger partial charge in [0, 0.05) is 19.0 Å². The zero-order valence-electron chi connectivity index (χ0n) is 19.0. The lowest BCUT2D eigenvalue weighted by Crippen LogP contribution is -2.70. The maximum absolute atomic E-state index is 12.7. The fourth-order valence-corrected chi connectivity index (χ4v) is 4.30. The number of carbonyl (C=O) groups is 3. The number of aliphatic hydroxyl groups is 3. The van der Waals surface area contributed by atoms with E-state index in [-0.39, 0.29) is 24.8 Å². The van der Waals surface area contributed by atoms with E-state index in [4.69, 9.17) is 26.7 Å². The number of ether oxygens (including phenoxy) is 2. The van der Waals surface area contributed by atoms with E-state index in [2.05, 4.69) is 26.3 Å². The SMILES string of the molecule is NCCC[C@H](N)CC(=O)N[C@@H]1[C@H](O)[C@@H](OC(N)=O)[C@@H](CO)O[C@H]1NC1=N[C@@H]2C(=O)NC[C@@H](O)[C@H]2N1. The average Bonchev–Trinajstić information content (AvgIpc) is 3.24. The number of rotatable bonds is 9. The first-order chi connectivity index (χ1) is 16.6. The van der Waals surface area contributed by atoms with Gasteiger partial charge in [0.2, 0.25) is 11.8 Å². The van der Waals surface area contributed by atoms with E-state index >= 15 is 0 Å². The van der Waals surface area contributed by atoms with Crippen LogP contribution >= 0.6 is 0 Å². The van der Waals surface area contributed by atoms with Gasteiger partial charge in [0.05, 0.1) is 18.8 Å². The molecule has 0 aliphatic carbocycles. The highest BCUT2D eigenvalue weighted by Crippen LogP contribution is 2.24. The summed E-state index contributed by atoms with van der Waals surface area (Å²) in [6, 6.07) is -3.27. The molecule has 0 unspecified atom stereocenters. The maximum atomic E-state index is 12.7. The number of amides is 3. The Morgan fingerprint density at radius 1 is 1.34 bits per heavy atom. The van der Waals surface area contributed by atoms with Crippen LogP contribution in [0.2, 0.25) is 0 Å². The molecule has 0 spiro atoms. The molecule has 3 rings (SSSR count). The highest BCUT2D eigenvalue weighted by atomic mass is 16.6. The molecule has 16 heteroatoms. The average molecular weight is 503 g/mol. The van der Waals surface area contributed by atoms with Crippen LogP contribution in [-0.2, 0) is 19.1 Å². The number of primary amides is 1. The van der Waals surface area contributed by atoms with E-state index in [1.165, 1.54) is 0 Å². The highest BCUT2D eigenvalue weighted by molar-refractivity contribution is 5.92. The molecule has 0 aromatic heterocycles. The summed E-state index contributed by atoms with van der Waals surface area (Å²) >= 11 is 0. The fourth-order valence-electron chi connectivity index (χ4n) is 4.30. The molecule has 198 valence electrons. The molecule has 13 N–H and O–H groups in total. The molecule has 0 aromatic carbocycles. The van der Waals surface area contributed by atoms with Gasteiger partial charge in [-0.15, -0.1) is 0 Å². The van der Waals surface area contributed by atoms with E-state index < -0.39 is 73.4 Å². The van der Waals surface area contributed by atoms with Crippen molar-refractivity contribution >= 4 is 23.9 Å². The van der Waals surface area contributed by atoms with Gasteiger partial charge in [-0.1, -0.05) is 0 Å². The number of hydrogen-bond donors (Lipinski definition) is 10. The summed E-state index contributed by atoms with van der Waals surface area (Å²) in [6.07, 6.45) is -6.36. The van der Waals surface area contributed by atoms with Crippen molar-refractivity contribution in [2.75, 3.05) is 19.7 Å². The Balaban J connectivity index is 1.77. The van der Waals surface area contributed by atoms with Gasteiger partial charge < -0.3 is 63.3 Å². The third-order valence-electron chi connectivity index (χ3n) is 6.06. The summed E-state index contributed by atoms with van der Waals surface area (Å²) in [5, 5.41) is 41.7. The standard InChI is InChI=1S/C19H34N8O8/c20-3-1-2-7(21)4-10(30)24-13-14(31)15(35-18(22)33)9(6-28)34-17(13)27-19-25-11-8(29)5-23-16(32)12(11)26-19/h7-9,11-15,17,28-29,31H,1-6,20-21H2,(H2,22,33)(H,23,32)(H,24,30)(H2,25,26,27)/t7-,8+,9+,11+,12-,13+,14-,15-,17+/m0/s1. The lowest BCUT2D eigenvalue weighted by molar-refractivity contribution is -0.198. The molecule has 0 bridgehead atoms. The van der Waals surface area contributed by atoms with Crippen molar-refractivity contribution in [1.82, 2.24) is 21.3 Å². The minimum Gasteiger partial charge on any atom is -0.441 e. The molecule has 3 aliphatic rings. The molecule has 3 aliphatic heterocycles. The molecular formula is C19H34N8O8. The van der Waals surface area contributed by atoms with Gasteiger partial charge in [-0.2, -0.15) is 0 Å². The molecule has 0 radical (unpaired) electrons. The lowest BCUT2D eigenvalue weighted by Gasteiger charge is -2.44. The second kappa shape index (κ2) is 11.8. The summed E-state index contributed by atoms with van der Waals surface area (Å²) in [5.41, 5.74) is 16.5. The first-order valence-corrected chi connectivity index (χ1v) is 11.4. The molecule has 2 saturated heterocycles. The predicted molar refractivity (Wildman–Crippen MR) is 119 cm³/mol. The van der Waals surface area contributed by atoms with Gasteiger partial charge in [-0.05, 0) is 19.4 Å². The van der Waals surface area contributed by atoms with Gasteiger partial charge >= 0.3 is 6.09 Å². The molecule has 0 saturated carbocycles. The minimum atomic E-state index is -1.55. The number of piperidine rings is 1. The normalized spacial score (nSPS) is 35.1. The molecule has 9 atom stereocenters. The minimum absolute atomic E-state index is 0.0518. The first kappa shape index (κ1) is 26.8. The molecular weight excluding hydrogens is 468 g/mol. The van der Waals surface area contributed by atoms with E-state index in [0.29, 0.717) is 19.4 Å². The fraction of sp³-hybridized carbons (Fsp3) is 0.789. The van der Waals surface area contributed by atoms with Gasteiger partial charge in [0.15, 0.2) is 24.3 Å². The summed E-state index contributed by atoms with van der Waals surface area (Å²) in [6.45, 7) is -0.171. The number of β-amino-alcohol motifs (C(OH)–C–C–N with tert-alkyl or cyclic N) is 1. The van der Waals surface area contributed by atoms with E-state index in [1.54, 1.807) is 0 Å². The third-order valence-corrected chi connectivity index (χ3v) is 6.06. The largest absolute Gasteiger partial charge is 0.441 e. The first-order valence-electron chi connectivity index (χ1n) is 11.4. The van der Waals surface area contributed by atoms with E-state index in [0.717, 1.165) is 0 Å². The third kappa shape index (κ3) is 6.47. The zero-order valence-corrected chi connectivity index (χ0v) is 19.0. The molecule has 35 heavy (non-hydrogen) atoms. The maximum Gasteiger partial charge on any atom is 0.404 e. The quantitative estimate of drug-likeness (QED) is 0.141. The monoisotopic (exact) mass is 502 g/mol. The van der Waals surface area contributed by atoms with Crippen molar-refractivity contribution < 1.29 is 39.2 Å². The predicted octanol–water partition coefficient (Wildman–Crippen LogP) is -5.75. The van der Waals surface area contributed by atoms with Crippen molar-refractivity contribution in [3.8, 4) is 0 Å². The summed E-state index contributed by atoms with van der Waals surface area (Å²) in [4.78, 5) is 40.3. The second-order valence-corrected chi connectivity index (χ2v) is 8.71. The van der Waals surface area contributed by atoms with Gasteiger partial charge in [0.25, 0.3) is 0 Å². The van der Waals surface area contributed by atoms with Crippen LogP contribution in [0, 0.1) is 0 Å². The highest BCUT2D eigenvalue weighted by Gasteiger charge is 2.49. The van der Waals surface area contributed by atoms with Crippen LogP contribution in [0.3, 0.4) is 0 Å². The summed E-state index contributed by atoms with van der Waals surface area (Å²) in [7, 11) is 0. The smallest absolute Gasteiger partial charge is 0.404 e. The lowest BCUT2D eigenvalue weighted by atomic mass is 9.95. The van der Waals surface area contributed by atoms with Crippen molar-refractivity contribution in [2.45, 2.75) is 74.1 Å². The van der Waals surface area contributed by atoms with Crippen molar-refractivity contribution in [3.05, 3.63) is 0 Å². The van der Waals surface area contributed by atoms with Gasteiger partial charge in [-0.3, -0.25) is 9.59 Å². The number of fused-ring (bicyclic) bond motifs is 1. The molecule has 16 nitrogen and oxygen atoms in total. The number of hydrogen-bond acceptors (Lipinski definition) is 13. The van der Waals surface area contributed by atoms with E-state index in [9.17, 15) is 29.7 Å². The van der Waals surface area contributed by atoms with Crippen LogP contribution in [0.15, 0.2) is 4.99 Å². The van der Waals surface area contributed by atoms with Crippen LogP contribution in [0.5, 0.6) is 0 Å². The van der Waals surface area contributed by atoms with Crippen molar-refractivity contribution in [1.29, 1.82) is 0 Å². The van der Waals surface area contributed by atoms with Gasteiger partial charge in [-0.25, -0.2) is 9.79 Å². The van der Waals surface area contributed by atoms with Crippen molar-refractivity contribution in [3.63, 3.8) is 0 Å². The zero-order chi connectivity index (χ0) is 25.7. The number of nitrogens with one attached hydrogen (secondary N) is 4. The molecule has 0 aromatic rings. The Labute approximate surface area is 200 Å². The van der Waals surface area contributed by atoms with Crippen LogP contribution in [0.4, 0.5) is 4.79 Å². The number of carbonyl (C=O) groups excluding carboxylic acids is 3. The summed E-state index contributed by atoms with van der Waals surface area (Å²) < 4.78 is 10.7. The Morgan fingerprint density at radius 3 is 2.71 bits per heavy atom. The summed E-state index contributed by atoms with van der Waals surface area (Å²) in [5.74, 6) is -0.828. The number of nitrogens with two attached hydrogens (primary N) is 3. The Kier molecular flexibility index (Phi) is 9.03. The van der Waals surface area contributed by atoms with Crippen LogP contribution in [-0.4, -0.2) is 114 Å². The van der Waals surface area contributed by atoms with Crippen molar-refractivity contribution in [2.24, 2.45) is 22.2 Å². The second-order valence-electron chi connectivity index (χ2n) is 8.71. The van der Waals surface area contributed by atoms with Crippen LogP contribution in [0.1, 0.15) is 19.3 Å². The van der Waals surface area contributed by atoms with Gasteiger partial charge in [0.1, 0.15) is 18.2 Å². The molecule has 3 heterocycles. The topological polar surface area (TPSA) is 269 Å². The number of aliphatic hydroxyl groups excluding tert-OH is 3. The number of aliphatic imine (C=N–C) groups is 1. The molecule has 3 amide bonds. The Morgan fingerprint density at radius 2 is 2.09 bits per heavy atom. The van der Waals surface area contributed by atoms with Crippen LogP contribution in [0.25, 0.3) is 0 Å². The Hall–Kier alpha value is -2.76. The number of nitrogens with zero attached hydrogens (tertiary/aromatic N) is 1. The molecule has 2 fully saturated rings. The van der Waals surface area contributed by atoms with E-state index in [1.807, 2.05) is 0 Å². The van der Waals surface area contributed by atoms with Crippen LogP contribution < -0.4 is 38.5 Å².